The van der Waals surface area contributed by atoms with Crippen molar-refractivity contribution in [2.75, 3.05) is 0 Å². The number of hydrogen-bond acceptors (Lipinski definition) is 2. The number of halogens is 1. The maximum Gasteiger partial charge on any atom is 0.272 e. The Labute approximate surface area is 117 Å². The summed E-state index contributed by atoms with van der Waals surface area (Å²) in [6, 6.07) is 14.6. The van der Waals surface area contributed by atoms with Crippen molar-refractivity contribution in [3.05, 3.63) is 75.3 Å². The Morgan fingerprint density at radius 1 is 1.16 bits per heavy atom. The van der Waals surface area contributed by atoms with Crippen LogP contribution in [0.2, 0.25) is 0 Å². The molecule has 0 aliphatic carbocycles. The number of hydrogen-bond donors (Lipinski definition) is 0. The average Bonchev–Trinajstić information content (AvgIpc) is 2.39. The van der Waals surface area contributed by atoms with Crippen molar-refractivity contribution in [3.8, 4) is 0 Å². The lowest BCUT2D eigenvalue weighted by molar-refractivity contribution is -0.385. The molecule has 2 aromatic carbocycles. The van der Waals surface area contributed by atoms with E-state index in [1.807, 2.05) is 31.2 Å². The molecule has 0 N–H and O–H groups in total. The van der Waals surface area contributed by atoms with Gasteiger partial charge < -0.3 is 0 Å². The third kappa shape index (κ3) is 3.32. The van der Waals surface area contributed by atoms with Crippen LogP contribution < -0.4 is 0 Å². The molecule has 4 heteroatoms. The largest absolute Gasteiger partial charge is 0.272 e. The first-order valence-corrected chi connectivity index (χ1v) is 6.44. The van der Waals surface area contributed by atoms with E-state index in [4.69, 9.17) is 11.6 Å². The number of benzene rings is 2. The number of nitro groups is 1. The number of nitrogens with zero attached hydrogens (tertiary/aromatic N) is 1. The number of alkyl halides is 1. The van der Waals surface area contributed by atoms with Gasteiger partial charge in [0.25, 0.3) is 5.69 Å². The second-order valence-electron chi connectivity index (χ2n) is 4.47. The van der Waals surface area contributed by atoms with E-state index in [9.17, 15) is 10.1 Å². The SMILES string of the molecule is Cc1ccc(C(Cl)Cc2ccccc2[N+](=O)[O-])cc1. The molecule has 3 nitrogen and oxygen atoms in total. The van der Waals surface area contributed by atoms with E-state index in [2.05, 4.69) is 0 Å². The van der Waals surface area contributed by atoms with Gasteiger partial charge >= 0.3 is 0 Å². The molecule has 2 aromatic rings. The van der Waals surface area contributed by atoms with Crippen LogP contribution in [0.15, 0.2) is 48.5 Å². The molecule has 0 saturated heterocycles. The molecule has 0 bridgehead atoms. The summed E-state index contributed by atoms with van der Waals surface area (Å²) in [6.07, 6.45) is 0.446. The van der Waals surface area contributed by atoms with Gasteiger partial charge in [0.1, 0.15) is 0 Å². The van der Waals surface area contributed by atoms with Crippen LogP contribution in [-0.4, -0.2) is 4.92 Å². The van der Waals surface area contributed by atoms with Crippen molar-refractivity contribution in [2.24, 2.45) is 0 Å². The highest BCUT2D eigenvalue weighted by molar-refractivity contribution is 6.20. The van der Waals surface area contributed by atoms with E-state index in [0.29, 0.717) is 12.0 Å². The summed E-state index contributed by atoms with van der Waals surface area (Å²) >= 11 is 6.35. The summed E-state index contributed by atoms with van der Waals surface area (Å²) in [7, 11) is 0. The third-order valence-electron chi connectivity index (χ3n) is 3.03. The molecule has 0 saturated carbocycles. The lowest BCUT2D eigenvalue weighted by Gasteiger charge is -2.10. The fraction of sp³-hybridized carbons (Fsp3) is 0.200. The number of nitro benzene ring substituents is 1. The van der Waals surface area contributed by atoms with Crippen LogP contribution >= 0.6 is 11.6 Å². The molecule has 0 aliphatic heterocycles. The minimum Gasteiger partial charge on any atom is -0.258 e. The molecule has 0 aliphatic rings. The van der Waals surface area contributed by atoms with Crippen LogP contribution in [0.3, 0.4) is 0 Å². The Hall–Kier alpha value is -1.87. The Bertz CT molecular complexity index is 581. The minimum atomic E-state index is -0.367. The highest BCUT2D eigenvalue weighted by Crippen LogP contribution is 2.29. The van der Waals surface area contributed by atoms with Gasteiger partial charge in [0.15, 0.2) is 0 Å². The molecule has 0 heterocycles. The van der Waals surface area contributed by atoms with Gasteiger partial charge in [-0.05, 0) is 18.9 Å². The molecule has 2 rings (SSSR count). The molecule has 0 fully saturated rings. The zero-order valence-corrected chi connectivity index (χ0v) is 11.3. The van der Waals surface area contributed by atoms with Crippen molar-refractivity contribution in [2.45, 2.75) is 18.7 Å². The Kier molecular flexibility index (Phi) is 4.17. The Morgan fingerprint density at radius 3 is 2.42 bits per heavy atom. The van der Waals surface area contributed by atoms with Gasteiger partial charge in [-0.1, -0.05) is 48.0 Å². The van der Waals surface area contributed by atoms with Gasteiger partial charge in [-0.3, -0.25) is 10.1 Å². The Morgan fingerprint density at radius 2 is 1.79 bits per heavy atom. The van der Waals surface area contributed by atoms with Gasteiger partial charge in [0.2, 0.25) is 0 Å². The highest BCUT2D eigenvalue weighted by atomic mass is 35.5. The zero-order valence-electron chi connectivity index (χ0n) is 10.5. The molecule has 0 spiro atoms. The van der Waals surface area contributed by atoms with Crippen molar-refractivity contribution in [3.63, 3.8) is 0 Å². The maximum atomic E-state index is 10.9. The lowest BCUT2D eigenvalue weighted by Crippen LogP contribution is -2.00. The fourth-order valence-corrected chi connectivity index (χ4v) is 2.26. The van der Waals surface area contributed by atoms with E-state index >= 15 is 0 Å². The fourth-order valence-electron chi connectivity index (χ4n) is 1.95. The normalized spacial score (nSPS) is 12.1. The summed E-state index contributed by atoms with van der Waals surface area (Å²) in [5.74, 6) is 0. The summed E-state index contributed by atoms with van der Waals surface area (Å²) in [6.45, 7) is 2.01. The van der Waals surface area contributed by atoms with Gasteiger partial charge in [-0.15, -0.1) is 11.6 Å². The molecular formula is C15H14ClNO2. The minimum absolute atomic E-state index is 0.125. The Balaban J connectivity index is 2.21. The van der Waals surface area contributed by atoms with E-state index < -0.39 is 0 Å². The monoisotopic (exact) mass is 275 g/mol. The van der Waals surface area contributed by atoms with Crippen LogP contribution in [0, 0.1) is 17.0 Å². The first-order valence-electron chi connectivity index (χ1n) is 6.01. The molecule has 0 amide bonds. The molecule has 19 heavy (non-hydrogen) atoms. The third-order valence-corrected chi connectivity index (χ3v) is 3.43. The average molecular weight is 276 g/mol. The molecule has 1 atom stereocenters. The van der Waals surface area contributed by atoms with Gasteiger partial charge in [-0.2, -0.15) is 0 Å². The first kappa shape index (κ1) is 13.6. The predicted octanol–water partition coefficient (Wildman–Crippen LogP) is 4.43. The topological polar surface area (TPSA) is 43.1 Å². The number of para-hydroxylation sites is 1. The summed E-state index contributed by atoms with van der Waals surface area (Å²) < 4.78 is 0. The van der Waals surface area contributed by atoms with E-state index in [1.165, 1.54) is 11.6 Å². The van der Waals surface area contributed by atoms with Gasteiger partial charge in [-0.25, -0.2) is 0 Å². The maximum absolute atomic E-state index is 10.9. The molecule has 0 radical (unpaired) electrons. The standard InChI is InChI=1S/C15H14ClNO2/c1-11-6-8-12(9-7-11)14(16)10-13-4-2-3-5-15(13)17(18)19/h2-9,14H,10H2,1H3. The molecule has 98 valence electrons. The summed E-state index contributed by atoms with van der Waals surface area (Å²) in [4.78, 5) is 10.6. The quantitative estimate of drug-likeness (QED) is 0.471. The van der Waals surface area contributed by atoms with Crippen LogP contribution in [0.25, 0.3) is 0 Å². The zero-order chi connectivity index (χ0) is 13.8. The van der Waals surface area contributed by atoms with Gasteiger partial charge in [0, 0.05) is 11.6 Å². The van der Waals surface area contributed by atoms with E-state index in [-0.39, 0.29) is 16.0 Å². The van der Waals surface area contributed by atoms with Crippen LogP contribution in [0.5, 0.6) is 0 Å². The molecular weight excluding hydrogens is 262 g/mol. The highest BCUT2D eigenvalue weighted by Gasteiger charge is 2.17. The lowest BCUT2D eigenvalue weighted by atomic mass is 10.0. The number of aryl methyl sites for hydroxylation is 1. The first-order chi connectivity index (χ1) is 9.08. The van der Waals surface area contributed by atoms with Crippen molar-refractivity contribution < 1.29 is 4.92 Å². The van der Waals surface area contributed by atoms with Crippen LogP contribution in [0.1, 0.15) is 22.1 Å². The van der Waals surface area contributed by atoms with E-state index in [0.717, 1.165) is 5.56 Å². The molecule has 0 aromatic heterocycles. The second-order valence-corrected chi connectivity index (χ2v) is 4.99. The summed E-state index contributed by atoms with van der Waals surface area (Å²) in [5.41, 5.74) is 2.93. The second kappa shape index (κ2) is 5.85. The molecule has 1 unspecified atom stereocenters. The van der Waals surface area contributed by atoms with E-state index in [1.54, 1.807) is 18.2 Å². The predicted molar refractivity (Wildman–Crippen MR) is 76.6 cm³/mol. The number of rotatable bonds is 4. The van der Waals surface area contributed by atoms with Crippen molar-refractivity contribution >= 4 is 17.3 Å². The van der Waals surface area contributed by atoms with Crippen molar-refractivity contribution in [1.82, 2.24) is 0 Å². The van der Waals surface area contributed by atoms with Crippen LogP contribution in [0.4, 0.5) is 5.69 Å². The van der Waals surface area contributed by atoms with Crippen LogP contribution in [-0.2, 0) is 6.42 Å². The smallest absolute Gasteiger partial charge is 0.258 e. The summed E-state index contributed by atoms with van der Waals surface area (Å²) in [5, 5.41) is 10.7. The van der Waals surface area contributed by atoms with Crippen molar-refractivity contribution in [1.29, 1.82) is 0 Å². The van der Waals surface area contributed by atoms with Gasteiger partial charge in [0.05, 0.1) is 10.3 Å².